The molecule has 1 saturated carbocycles. The number of aryl methyl sites for hydroxylation is 1. The Morgan fingerprint density at radius 3 is 2.61 bits per heavy atom. The largest absolute Gasteiger partial charge is 0.496 e. The van der Waals surface area contributed by atoms with E-state index in [2.05, 4.69) is 21.7 Å². The Bertz CT molecular complexity index is 1050. The maximum atomic E-state index is 12.6. The van der Waals surface area contributed by atoms with Crippen LogP contribution in [0.1, 0.15) is 65.8 Å². The number of carbonyl (C=O) groups excluding carboxylic acids is 1. The molecule has 0 bridgehead atoms. The zero-order valence-electron chi connectivity index (χ0n) is 19.2. The maximum Gasteiger partial charge on any atom is 0.306 e. The van der Waals surface area contributed by atoms with Crippen LogP contribution in [0.2, 0.25) is 0 Å². The number of anilines is 1. The summed E-state index contributed by atoms with van der Waals surface area (Å²) in [4.78, 5) is 28.0. The van der Waals surface area contributed by atoms with Gasteiger partial charge in [-0.2, -0.15) is 5.26 Å². The first-order chi connectivity index (χ1) is 15.8. The van der Waals surface area contributed by atoms with Gasteiger partial charge in [0.1, 0.15) is 11.4 Å². The Hall–Kier alpha value is -3.60. The minimum Gasteiger partial charge on any atom is -0.496 e. The van der Waals surface area contributed by atoms with Gasteiger partial charge in [0, 0.05) is 12.1 Å². The van der Waals surface area contributed by atoms with Crippen molar-refractivity contribution in [2.75, 3.05) is 19.0 Å². The van der Waals surface area contributed by atoms with Gasteiger partial charge in [0.2, 0.25) is 0 Å². The number of amides is 1. The lowest BCUT2D eigenvalue weighted by Crippen LogP contribution is -2.32. The van der Waals surface area contributed by atoms with Gasteiger partial charge in [0.25, 0.3) is 5.91 Å². The second-order valence-corrected chi connectivity index (χ2v) is 8.58. The molecule has 3 N–H and O–H groups in total. The minimum atomic E-state index is -0.726. The monoisotopic (exact) mass is 450 g/mol. The van der Waals surface area contributed by atoms with E-state index in [1.54, 1.807) is 37.6 Å². The number of benzene rings is 1. The van der Waals surface area contributed by atoms with Gasteiger partial charge < -0.3 is 20.5 Å². The van der Waals surface area contributed by atoms with Crippen molar-refractivity contribution in [3.05, 3.63) is 52.8 Å². The molecule has 1 aromatic heterocycles. The zero-order valence-corrected chi connectivity index (χ0v) is 19.2. The third-order valence-electron chi connectivity index (χ3n) is 6.29. The van der Waals surface area contributed by atoms with Gasteiger partial charge in [0.05, 0.1) is 42.6 Å². The van der Waals surface area contributed by atoms with E-state index in [1.807, 2.05) is 13.8 Å². The van der Waals surface area contributed by atoms with Gasteiger partial charge in [-0.05, 0) is 75.3 Å². The molecule has 1 heterocycles. The third kappa shape index (κ3) is 6.01. The van der Waals surface area contributed by atoms with Crippen molar-refractivity contribution in [1.82, 2.24) is 10.3 Å². The molecule has 0 saturated heterocycles. The topological polar surface area (TPSA) is 124 Å². The molecule has 0 radical (unpaired) electrons. The molecule has 8 nitrogen and oxygen atoms in total. The van der Waals surface area contributed by atoms with Crippen molar-refractivity contribution in [1.29, 1.82) is 5.26 Å². The highest BCUT2D eigenvalue weighted by Crippen LogP contribution is 2.30. The fraction of sp³-hybridized carbons (Fsp3) is 0.440. The SMILES string of the molecule is COc1ccc(C#N)cc1C(C)Nc1cnc(C(=O)NCC2CCC(C(=O)O)CC2)cc1C. The summed E-state index contributed by atoms with van der Waals surface area (Å²) in [6.07, 6.45) is 4.57. The molecule has 1 aromatic carbocycles. The Kier molecular flexibility index (Phi) is 7.88. The Labute approximate surface area is 194 Å². The number of aromatic nitrogens is 1. The molecule has 0 aliphatic heterocycles. The van der Waals surface area contributed by atoms with Crippen LogP contribution in [-0.2, 0) is 4.79 Å². The average molecular weight is 451 g/mol. The highest BCUT2D eigenvalue weighted by atomic mass is 16.5. The van der Waals surface area contributed by atoms with E-state index in [9.17, 15) is 14.9 Å². The number of hydrogen-bond donors (Lipinski definition) is 3. The first-order valence-electron chi connectivity index (χ1n) is 11.1. The van der Waals surface area contributed by atoms with Crippen LogP contribution in [0.25, 0.3) is 0 Å². The number of carbonyl (C=O) groups is 2. The highest BCUT2D eigenvalue weighted by molar-refractivity contribution is 5.92. The summed E-state index contributed by atoms with van der Waals surface area (Å²) in [6.45, 7) is 4.40. The van der Waals surface area contributed by atoms with Crippen molar-refractivity contribution >= 4 is 17.6 Å². The van der Waals surface area contributed by atoms with E-state index in [4.69, 9.17) is 9.84 Å². The van der Waals surface area contributed by atoms with E-state index >= 15 is 0 Å². The fourth-order valence-electron chi connectivity index (χ4n) is 4.23. The molecule has 1 aliphatic carbocycles. The second-order valence-electron chi connectivity index (χ2n) is 8.58. The zero-order chi connectivity index (χ0) is 24.0. The first kappa shape index (κ1) is 24.1. The van der Waals surface area contributed by atoms with Crippen molar-refractivity contribution in [3.63, 3.8) is 0 Å². The lowest BCUT2D eigenvalue weighted by atomic mass is 9.82. The highest BCUT2D eigenvalue weighted by Gasteiger charge is 2.26. The molecule has 174 valence electrons. The number of methoxy groups -OCH3 is 1. The number of hydrogen-bond acceptors (Lipinski definition) is 6. The molecular weight excluding hydrogens is 420 g/mol. The van der Waals surface area contributed by atoms with E-state index < -0.39 is 5.97 Å². The summed E-state index contributed by atoms with van der Waals surface area (Å²) >= 11 is 0. The van der Waals surface area contributed by atoms with E-state index in [1.165, 1.54) is 0 Å². The molecule has 0 spiro atoms. The number of carboxylic acid groups (broad SMARTS) is 1. The molecule has 1 atom stereocenters. The summed E-state index contributed by atoms with van der Waals surface area (Å²) in [5.41, 5.74) is 3.41. The smallest absolute Gasteiger partial charge is 0.306 e. The summed E-state index contributed by atoms with van der Waals surface area (Å²) in [5, 5.41) is 24.6. The molecule has 3 rings (SSSR count). The van der Waals surface area contributed by atoms with E-state index in [-0.39, 0.29) is 17.9 Å². The Balaban J connectivity index is 1.60. The normalized spacial score (nSPS) is 18.6. The quantitative estimate of drug-likeness (QED) is 0.554. The summed E-state index contributed by atoms with van der Waals surface area (Å²) < 4.78 is 5.43. The van der Waals surface area contributed by atoms with Crippen molar-refractivity contribution in [2.45, 2.75) is 45.6 Å². The predicted octanol–water partition coefficient (Wildman–Crippen LogP) is 4.06. The van der Waals surface area contributed by atoms with E-state index in [0.717, 1.165) is 29.7 Å². The summed E-state index contributed by atoms with van der Waals surface area (Å²) in [6, 6.07) is 9.03. The molecule has 1 amide bonds. The Morgan fingerprint density at radius 1 is 1.27 bits per heavy atom. The number of nitriles is 1. The molecule has 2 aromatic rings. The minimum absolute atomic E-state index is 0.144. The van der Waals surface area contributed by atoms with Crippen LogP contribution in [0.4, 0.5) is 5.69 Å². The number of nitrogens with zero attached hydrogens (tertiary/aromatic N) is 2. The number of rotatable bonds is 8. The number of aliphatic carboxylic acids is 1. The van der Waals surface area contributed by atoms with Crippen LogP contribution < -0.4 is 15.4 Å². The summed E-state index contributed by atoms with van der Waals surface area (Å²) in [7, 11) is 1.59. The third-order valence-corrected chi connectivity index (χ3v) is 6.29. The first-order valence-corrected chi connectivity index (χ1v) is 11.1. The summed E-state index contributed by atoms with van der Waals surface area (Å²) in [5.74, 6) is -0.233. The van der Waals surface area contributed by atoms with Crippen molar-refractivity contribution in [2.24, 2.45) is 11.8 Å². The molecular formula is C25H30N4O4. The van der Waals surface area contributed by atoms with E-state index in [0.29, 0.717) is 42.3 Å². The van der Waals surface area contributed by atoms with Crippen LogP contribution in [0.15, 0.2) is 30.5 Å². The average Bonchev–Trinajstić information content (AvgIpc) is 2.83. The van der Waals surface area contributed by atoms with Gasteiger partial charge in [-0.3, -0.25) is 9.59 Å². The lowest BCUT2D eigenvalue weighted by Gasteiger charge is -2.26. The Morgan fingerprint density at radius 2 is 2.00 bits per heavy atom. The molecule has 8 heteroatoms. The lowest BCUT2D eigenvalue weighted by molar-refractivity contribution is -0.143. The van der Waals surface area contributed by atoms with Gasteiger partial charge in [-0.25, -0.2) is 4.98 Å². The number of carboxylic acids is 1. The number of pyridine rings is 1. The van der Waals surface area contributed by atoms with Crippen LogP contribution in [-0.4, -0.2) is 35.6 Å². The standard InChI is InChI=1S/C25H30N4O4/c1-15-10-21(24(30)28-13-17-4-7-19(8-5-17)25(31)32)27-14-22(15)29-16(2)20-11-18(12-26)6-9-23(20)33-3/h6,9-11,14,16-17,19,29H,4-5,7-8,13H2,1-3H3,(H,28,30)(H,31,32). The van der Waals surface area contributed by atoms with Gasteiger partial charge >= 0.3 is 5.97 Å². The number of ether oxygens (including phenoxy) is 1. The van der Waals surface area contributed by atoms with Crippen molar-refractivity contribution < 1.29 is 19.4 Å². The van der Waals surface area contributed by atoms with Crippen LogP contribution >= 0.6 is 0 Å². The van der Waals surface area contributed by atoms with Gasteiger partial charge in [-0.15, -0.1) is 0 Å². The van der Waals surface area contributed by atoms with Crippen molar-refractivity contribution in [3.8, 4) is 11.8 Å². The maximum absolute atomic E-state index is 12.6. The molecule has 33 heavy (non-hydrogen) atoms. The van der Waals surface area contributed by atoms with Crippen LogP contribution in [0, 0.1) is 30.1 Å². The van der Waals surface area contributed by atoms with Crippen LogP contribution in [0.3, 0.4) is 0 Å². The molecule has 1 unspecified atom stereocenters. The van der Waals surface area contributed by atoms with Crippen LogP contribution in [0.5, 0.6) is 5.75 Å². The number of nitrogens with one attached hydrogen (secondary N) is 2. The van der Waals surface area contributed by atoms with Gasteiger partial charge in [-0.1, -0.05) is 0 Å². The predicted molar refractivity (Wildman–Crippen MR) is 124 cm³/mol. The molecule has 1 fully saturated rings. The molecule has 1 aliphatic rings. The fourth-order valence-corrected chi connectivity index (χ4v) is 4.23. The van der Waals surface area contributed by atoms with Gasteiger partial charge in [0.15, 0.2) is 0 Å². The second kappa shape index (κ2) is 10.8.